The van der Waals surface area contributed by atoms with E-state index in [1.54, 1.807) is 12.5 Å². The Hall–Kier alpha value is -2.14. The maximum absolute atomic E-state index is 9.98. The van der Waals surface area contributed by atoms with Crippen LogP contribution in [0.5, 0.6) is 5.75 Å². The molecule has 0 amide bonds. The molecule has 0 saturated carbocycles. The van der Waals surface area contributed by atoms with Crippen molar-refractivity contribution in [1.29, 1.82) is 0 Å². The van der Waals surface area contributed by atoms with E-state index in [1.165, 1.54) is 0 Å². The summed E-state index contributed by atoms with van der Waals surface area (Å²) in [4.78, 5) is 11.6. The molecule has 0 aliphatic heterocycles. The van der Waals surface area contributed by atoms with Gasteiger partial charge in [0.2, 0.25) is 0 Å². The molecule has 1 aromatic heterocycles. The third-order valence-electron chi connectivity index (χ3n) is 2.99. The molecule has 0 aliphatic carbocycles. The van der Waals surface area contributed by atoms with Gasteiger partial charge in [-0.05, 0) is 58.7 Å². The number of halogens is 1. The molecule has 3 aromatic rings. The van der Waals surface area contributed by atoms with Gasteiger partial charge in [0.25, 0.3) is 0 Å². The van der Waals surface area contributed by atoms with E-state index in [9.17, 15) is 5.11 Å². The molecule has 5 heteroatoms. The van der Waals surface area contributed by atoms with Crippen LogP contribution in [0.25, 0.3) is 11.0 Å². The van der Waals surface area contributed by atoms with Crippen molar-refractivity contribution in [2.24, 2.45) is 4.99 Å². The molecule has 20 heavy (non-hydrogen) atoms. The molecule has 3 rings (SSSR count). The van der Waals surface area contributed by atoms with Crippen molar-refractivity contribution in [2.45, 2.75) is 6.92 Å². The lowest BCUT2D eigenvalue weighted by Gasteiger charge is -2.03. The fourth-order valence-corrected chi connectivity index (χ4v) is 2.60. The van der Waals surface area contributed by atoms with E-state index in [4.69, 9.17) is 0 Å². The molecule has 2 aromatic carbocycles. The Morgan fingerprint density at radius 2 is 2.15 bits per heavy atom. The van der Waals surface area contributed by atoms with Gasteiger partial charge < -0.3 is 10.1 Å². The molecular weight excluding hydrogens is 318 g/mol. The number of fused-ring (bicyclic) bond motifs is 1. The third kappa shape index (κ3) is 2.44. The fraction of sp³-hybridized carbons (Fsp3) is 0.0667. The summed E-state index contributed by atoms with van der Waals surface area (Å²) in [6.07, 6.45) is 3.31. The molecule has 0 atom stereocenters. The number of nitrogens with zero attached hydrogens (tertiary/aromatic N) is 2. The first kappa shape index (κ1) is 12.9. The molecule has 0 spiro atoms. The number of H-pyrrole nitrogens is 1. The minimum absolute atomic E-state index is 0.196. The standard InChI is InChI=1S/C15H12BrN3O/c1-9-4-10(15(20)12(16)5-9)7-17-11-2-3-13-14(6-11)19-8-18-13/h2-8,20H,1H3,(H,18,19). The number of phenols is 1. The normalized spacial score (nSPS) is 11.5. The first-order valence-corrected chi connectivity index (χ1v) is 6.89. The molecule has 0 unspecified atom stereocenters. The van der Waals surface area contributed by atoms with Crippen LogP contribution < -0.4 is 0 Å². The van der Waals surface area contributed by atoms with Crippen LogP contribution in [-0.4, -0.2) is 21.3 Å². The van der Waals surface area contributed by atoms with Gasteiger partial charge in [0, 0.05) is 11.8 Å². The second-order valence-electron chi connectivity index (χ2n) is 4.55. The summed E-state index contributed by atoms with van der Waals surface area (Å²) in [7, 11) is 0. The molecular formula is C15H12BrN3O. The quantitative estimate of drug-likeness (QED) is 0.695. The Balaban J connectivity index is 1.97. The number of phenolic OH excluding ortho intramolecular Hbond substituents is 1. The van der Waals surface area contributed by atoms with Gasteiger partial charge in [0.15, 0.2) is 0 Å². The summed E-state index contributed by atoms with van der Waals surface area (Å²) in [6, 6.07) is 9.47. The van der Waals surface area contributed by atoms with E-state index < -0.39 is 0 Å². The van der Waals surface area contributed by atoms with Crippen molar-refractivity contribution in [1.82, 2.24) is 9.97 Å². The highest BCUT2D eigenvalue weighted by molar-refractivity contribution is 9.10. The minimum Gasteiger partial charge on any atom is -0.506 e. The van der Waals surface area contributed by atoms with Crippen LogP contribution in [0.3, 0.4) is 0 Å². The lowest BCUT2D eigenvalue weighted by molar-refractivity contribution is 0.471. The van der Waals surface area contributed by atoms with Crippen molar-refractivity contribution in [2.75, 3.05) is 0 Å². The van der Waals surface area contributed by atoms with Gasteiger partial charge in [-0.1, -0.05) is 0 Å². The minimum atomic E-state index is 0.196. The zero-order chi connectivity index (χ0) is 14.1. The molecule has 4 nitrogen and oxygen atoms in total. The second-order valence-corrected chi connectivity index (χ2v) is 5.40. The Bertz CT molecular complexity index is 808. The predicted octanol–water partition coefficient (Wildman–Crippen LogP) is 4.09. The number of aliphatic imine (C=N–C) groups is 1. The number of aromatic hydroxyl groups is 1. The lowest BCUT2D eigenvalue weighted by atomic mass is 10.1. The molecule has 0 fully saturated rings. The molecule has 0 radical (unpaired) electrons. The molecule has 100 valence electrons. The molecule has 2 N–H and O–H groups in total. The summed E-state index contributed by atoms with van der Waals surface area (Å²) in [5, 5.41) is 9.98. The van der Waals surface area contributed by atoms with Crippen molar-refractivity contribution in [3.05, 3.63) is 52.3 Å². The average Bonchev–Trinajstić information content (AvgIpc) is 2.88. The Kier molecular flexibility index (Phi) is 3.28. The van der Waals surface area contributed by atoms with E-state index in [-0.39, 0.29) is 5.75 Å². The van der Waals surface area contributed by atoms with Gasteiger partial charge in [-0.2, -0.15) is 0 Å². The van der Waals surface area contributed by atoms with Crippen LogP contribution >= 0.6 is 15.9 Å². The van der Waals surface area contributed by atoms with Crippen molar-refractivity contribution < 1.29 is 5.11 Å². The maximum Gasteiger partial charge on any atom is 0.138 e. The number of hydrogen-bond donors (Lipinski definition) is 2. The zero-order valence-electron chi connectivity index (χ0n) is 10.8. The summed E-state index contributed by atoms with van der Waals surface area (Å²) >= 11 is 3.33. The number of aromatic amines is 1. The fourth-order valence-electron chi connectivity index (χ4n) is 2.01. The summed E-state index contributed by atoms with van der Waals surface area (Å²) in [5.74, 6) is 0.196. The smallest absolute Gasteiger partial charge is 0.138 e. The number of rotatable bonds is 2. The van der Waals surface area contributed by atoms with Crippen molar-refractivity contribution >= 4 is 38.9 Å². The van der Waals surface area contributed by atoms with Crippen LogP contribution in [-0.2, 0) is 0 Å². The number of aromatic nitrogens is 2. The van der Waals surface area contributed by atoms with Crippen LogP contribution in [0.1, 0.15) is 11.1 Å². The van der Waals surface area contributed by atoms with Crippen LogP contribution in [0.4, 0.5) is 5.69 Å². The number of aryl methyl sites for hydroxylation is 1. The van der Waals surface area contributed by atoms with Crippen molar-refractivity contribution in [3.63, 3.8) is 0 Å². The molecule has 1 heterocycles. The largest absolute Gasteiger partial charge is 0.506 e. The number of benzene rings is 2. The first-order chi connectivity index (χ1) is 9.63. The van der Waals surface area contributed by atoms with Gasteiger partial charge in [-0.15, -0.1) is 0 Å². The van der Waals surface area contributed by atoms with Crippen LogP contribution in [0.15, 0.2) is 46.1 Å². The van der Waals surface area contributed by atoms with E-state index in [2.05, 4.69) is 30.9 Å². The topological polar surface area (TPSA) is 61.3 Å². The predicted molar refractivity (Wildman–Crippen MR) is 83.9 cm³/mol. The monoisotopic (exact) mass is 329 g/mol. The first-order valence-electron chi connectivity index (χ1n) is 6.10. The maximum atomic E-state index is 9.98. The second kappa shape index (κ2) is 5.09. The number of nitrogens with one attached hydrogen (secondary N) is 1. The van der Waals surface area contributed by atoms with Crippen molar-refractivity contribution in [3.8, 4) is 5.75 Å². The highest BCUT2D eigenvalue weighted by atomic mass is 79.9. The van der Waals surface area contributed by atoms with Gasteiger partial charge >= 0.3 is 0 Å². The lowest BCUT2D eigenvalue weighted by Crippen LogP contribution is -1.86. The summed E-state index contributed by atoms with van der Waals surface area (Å²) in [5.41, 5.74) is 4.39. The van der Waals surface area contributed by atoms with Crippen LogP contribution in [0, 0.1) is 6.92 Å². The van der Waals surface area contributed by atoms with Crippen LogP contribution in [0.2, 0.25) is 0 Å². The SMILES string of the molecule is Cc1cc(Br)c(O)c(C=Nc2ccc3nc[nH]c3c2)c1. The number of hydrogen-bond acceptors (Lipinski definition) is 3. The van der Waals surface area contributed by atoms with Gasteiger partial charge in [-0.3, -0.25) is 4.99 Å². The van der Waals surface area contributed by atoms with Gasteiger partial charge in [-0.25, -0.2) is 4.98 Å². The Morgan fingerprint density at radius 3 is 3.00 bits per heavy atom. The highest BCUT2D eigenvalue weighted by Crippen LogP contribution is 2.28. The molecule has 0 aliphatic rings. The van der Waals surface area contributed by atoms with Gasteiger partial charge in [0.05, 0.1) is 27.5 Å². The Labute approximate surface area is 124 Å². The highest BCUT2D eigenvalue weighted by Gasteiger charge is 2.04. The van der Waals surface area contributed by atoms with E-state index >= 15 is 0 Å². The molecule has 0 bridgehead atoms. The molecule has 0 saturated heterocycles. The van der Waals surface area contributed by atoms with E-state index in [0.717, 1.165) is 22.3 Å². The average molecular weight is 330 g/mol. The summed E-state index contributed by atoms with van der Waals surface area (Å²) in [6.45, 7) is 1.97. The zero-order valence-corrected chi connectivity index (χ0v) is 12.3. The van der Waals surface area contributed by atoms with E-state index in [1.807, 2.05) is 37.3 Å². The van der Waals surface area contributed by atoms with Gasteiger partial charge in [0.1, 0.15) is 5.75 Å². The third-order valence-corrected chi connectivity index (χ3v) is 3.60. The van der Waals surface area contributed by atoms with E-state index in [0.29, 0.717) is 10.0 Å². The Morgan fingerprint density at radius 1 is 1.30 bits per heavy atom. The summed E-state index contributed by atoms with van der Waals surface area (Å²) < 4.78 is 0.669. The number of imidazole rings is 1.